The lowest BCUT2D eigenvalue weighted by atomic mass is 9.97. The van der Waals surface area contributed by atoms with Gasteiger partial charge in [-0.3, -0.25) is 20.0 Å². The van der Waals surface area contributed by atoms with Crippen molar-refractivity contribution in [2.75, 3.05) is 38.1 Å². The normalized spacial score (nSPS) is 16.9. The highest BCUT2D eigenvalue weighted by atomic mass is 32.1. The third kappa shape index (κ3) is 5.88. The minimum atomic E-state index is -0.171. The number of H-pyrrole nitrogens is 1. The Morgan fingerprint density at radius 2 is 1.76 bits per heavy atom. The highest BCUT2D eigenvalue weighted by molar-refractivity contribution is 7.09. The number of thiazole rings is 1. The first-order valence-electron chi connectivity index (χ1n) is 13.1. The first-order valence-corrected chi connectivity index (χ1v) is 14.0. The van der Waals surface area contributed by atoms with Gasteiger partial charge in [0.2, 0.25) is 0 Å². The fourth-order valence-electron chi connectivity index (χ4n) is 4.98. The molecule has 2 aliphatic rings. The molecule has 2 fully saturated rings. The van der Waals surface area contributed by atoms with Gasteiger partial charge < -0.3 is 14.5 Å². The van der Waals surface area contributed by atoms with Crippen LogP contribution in [-0.4, -0.2) is 75.7 Å². The maximum absolute atomic E-state index is 13.0. The van der Waals surface area contributed by atoms with E-state index in [0.717, 1.165) is 29.1 Å². The Hall–Kier alpha value is -3.73. The number of ether oxygens (including phenoxy) is 1. The highest BCUT2D eigenvalue weighted by Crippen LogP contribution is 2.31. The number of hydrogen-bond acceptors (Lipinski definition) is 7. The summed E-state index contributed by atoms with van der Waals surface area (Å²) in [6.45, 7) is 4.46. The number of aromatic amines is 1. The molecule has 2 aliphatic heterocycles. The predicted molar refractivity (Wildman–Crippen MR) is 144 cm³/mol. The van der Waals surface area contributed by atoms with Gasteiger partial charge in [0, 0.05) is 43.5 Å². The van der Waals surface area contributed by atoms with Crippen molar-refractivity contribution in [3.8, 4) is 11.3 Å². The number of nitrogens with zero attached hydrogens (tertiary/aromatic N) is 4. The molecule has 11 heteroatoms. The van der Waals surface area contributed by atoms with Crippen molar-refractivity contribution in [3.63, 3.8) is 0 Å². The zero-order chi connectivity index (χ0) is 26.5. The number of likely N-dealkylation sites (tertiary alicyclic amines) is 2. The number of aromatic nitrogens is 3. The number of benzene rings is 1. The van der Waals surface area contributed by atoms with Crippen molar-refractivity contribution in [3.05, 3.63) is 52.5 Å². The van der Waals surface area contributed by atoms with Crippen LogP contribution in [0.25, 0.3) is 11.3 Å². The van der Waals surface area contributed by atoms with E-state index in [9.17, 15) is 14.4 Å². The van der Waals surface area contributed by atoms with E-state index in [2.05, 4.69) is 20.5 Å². The summed E-state index contributed by atoms with van der Waals surface area (Å²) >= 11 is 1.51. The maximum atomic E-state index is 13.0. The fourth-order valence-corrected chi connectivity index (χ4v) is 5.95. The van der Waals surface area contributed by atoms with Crippen molar-refractivity contribution in [1.29, 1.82) is 0 Å². The topological polar surface area (TPSA) is 121 Å². The van der Waals surface area contributed by atoms with Crippen molar-refractivity contribution >= 4 is 35.1 Å². The van der Waals surface area contributed by atoms with Crippen molar-refractivity contribution in [2.45, 2.75) is 38.5 Å². The van der Waals surface area contributed by atoms with E-state index in [1.54, 1.807) is 16.7 Å². The zero-order valence-corrected chi connectivity index (χ0v) is 22.2. The Kier molecular flexibility index (Phi) is 8.02. The third-order valence-corrected chi connectivity index (χ3v) is 8.18. The van der Waals surface area contributed by atoms with Gasteiger partial charge in [0.1, 0.15) is 5.69 Å². The number of piperidine rings is 2. The summed E-state index contributed by atoms with van der Waals surface area (Å²) < 4.78 is 5.12. The van der Waals surface area contributed by atoms with Gasteiger partial charge in [0.25, 0.3) is 5.91 Å². The van der Waals surface area contributed by atoms with Gasteiger partial charge in [-0.25, -0.2) is 9.78 Å². The Morgan fingerprint density at radius 3 is 2.47 bits per heavy atom. The fraction of sp³-hybridized carbons (Fsp3) is 0.444. The standard InChI is InChI=1S/C27H32N6O4S/c1-2-37-26(35)20-10-12-32(13-11-20)25(34)22-17-38-24(28-22)19-8-14-33(15-9-19)27(36)29-23-16-21(30-31-23)18-6-4-3-5-7-18/h3-7,16-17,19-20H,2,8-15H2,1H3,(H2,29,30,31,36). The van der Waals surface area contributed by atoms with Crippen LogP contribution < -0.4 is 5.32 Å². The van der Waals surface area contributed by atoms with Crippen LogP contribution in [-0.2, 0) is 9.53 Å². The van der Waals surface area contributed by atoms with Crippen LogP contribution in [0.4, 0.5) is 10.6 Å². The summed E-state index contributed by atoms with van der Waals surface area (Å²) in [6, 6.07) is 11.5. The first-order chi connectivity index (χ1) is 18.5. The van der Waals surface area contributed by atoms with Crippen LogP contribution in [0, 0.1) is 5.92 Å². The predicted octanol–water partition coefficient (Wildman–Crippen LogP) is 4.36. The Labute approximate surface area is 225 Å². The molecule has 3 amide bonds. The molecule has 0 radical (unpaired) electrons. The van der Waals surface area contributed by atoms with Gasteiger partial charge in [-0.05, 0) is 38.2 Å². The summed E-state index contributed by atoms with van der Waals surface area (Å²) in [5.74, 6) is 0.323. The molecule has 0 saturated carbocycles. The van der Waals surface area contributed by atoms with Crippen molar-refractivity contribution < 1.29 is 19.1 Å². The smallest absolute Gasteiger partial charge is 0.323 e. The Bertz CT molecular complexity index is 1260. The molecule has 2 N–H and O–H groups in total. The number of esters is 1. The molecule has 2 aromatic heterocycles. The first kappa shape index (κ1) is 25.9. The van der Waals surface area contributed by atoms with Gasteiger partial charge in [0.15, 0.2) is 5.82 Å². The number of carbonyl (C=O) groups excluding carboxylic acids is 3. The quantitative estimate of drug-likeness (QED) is 0.452. The number of nitrogens with one attached hydrogen (secondary N) is 2. The molecule has 3 aromatic rings. The highest BCUT2D eigenvalue weighted by Gasteiger charge is 2.31. The Balaban J connectivity index is 1.10. The molecule has 1 aromatic carbocycles. The van der Waals surface area contributed by atoms with E-state index in [1.165, 1.54) is 11.3 Å². The maximum Gasteiger partial charge on any atom is 0.323 e. The summed E-state index contributed by atoms with van der Waals surface area (Å²) in [4.78, 5) is 46.0. The minimum absolute atomic E-state index is 0.0829. The molecule has 0 aliphatic carbocycles. The SMILES string of the molecule is CCOC(=O)C1CCN(C(=O)c2csc(C3CCN(C(=O)Nc4cc(-c5ccccc5)[nH]n4)CC3)n2)CC1. The third-order valence-electron chi connectivity index (χ3n) is 7.17. The monoisotopic (exact) mass is 536 g/mol. The molecule has 10 nitrogen and oxygen atoms in total. The van der Waals surface area contributed by atoms with Crippen LogP contribution in [0.3, 0.4) is 0 Å². The second-order valence-electron chi connectivity index (χ2n) is 9.61. The Morgan fingerprint density at radius 1 is 1.05 bits per heavy atom. The number of carbonyl (C=O) groups is 3. The number of amides is 3. The van der Waals surface area contributed by atoms with Crippen LogP contribution >= 0.6 is 11.3 Å². The average Bonchev–Trinajstić information content (AvgIpc) is 3.64. The van der Waals surface area contributed by atoms with Gasteiger partial charge in [-0.1, -0.05) is 30.3 Å². The minimum Gasteiger partial charge on any atom is -0.466 e. The molecule has 2 saturated heterocycles. The van der Waals surface area contributed by atoms with Crippen molar-refractivity contribution in [2.24, 2.45) is 5.92 Å². The van der Waals surface area contributed by atoms with Crippen LogP contribution in [0.5, 0.6) is 0 Å². The molecular weight excluding hydrogens is 504 g/mol. The molecule has 4 heterocycles. The van der Waals surface area contributed by atoms with Gasteiger partial charge in [-0.15, -0.1) is 11.3 Å². The lowest BCUT2D eigenvalue weighted by molar-refractivity contribution is -0.149. The number of anilines is 1. The number of rotatable bonds is 6. The molecular formula is C27H32N6O4S. The van der Waals surface area contributed by atoms with Gasteiger partial charge in [-0.2, -0.15) is 5.10 Å². The number of hydrogen-bond donors (Lipinski definition) is 2. The van der Waals surface area contributed by atoms with E-state index in [4.69, 9.17) is 4.74 Å². The van der Waals surface area contributed by atoms with E-state index in [0.29, 0.717) is 57.1 Å². The van der Waals surface area contributed by atoms with E-state index < -0.39 is 0 Å². The molecule has 38 heavy (non-hydrogen) atoms. The molecule has 0 bridgehead atoms. The van der Waals surface area contributed by atoms with Crippen molar-refractivity contribution in [1.82, 2.24) is 25.0 Å². The van der Waals surface area contributed by atoms with Crippen LogP contribution in [0.2, 0.25) is 0 Å². The summed E-state index contributed by atoms with van der Waals surface area (Å²) in [7, 11) is 0. The van der Waals surface area contributed by atoms with Gasteiger partial charge in [0.05, 0.1) is 23.2 Å². The molecule has 200 valence electrons. The van der Waals surface area contributed by atoms with E-state index in [-0.39, 0.29) is 29.7 Å². The largest absolute Gasteiger partial charge is 0.466 e. The zero-order valence-electron chi connectivity index (χ0n) is 21.4. The van der Waals surface area contributed by atoms with Gasteiger partial charge >= 0.3 is 12.0 Å². The second-order valence-corrected chi connectivity index (χ2v) is 10.5. The molecule has 0 atom stereocenters. The lowest BCUT2D eigenvalue weighted by Crippen LogP contribution is -2.41. The lowest BCUT2D eigenvalue weighted by Gasteiger charge is -2.31. The summed E-state index contributed by atoms with van der Waals surface area (Å²) in [6.07, 6.45) is 2.81. The molecule has 0 unspecified atom stereocenters. The molecule has 0 spiro atoms. The van der Waals surface area contributed by atoms with E-state index >= 15 is 0 Å². The second kappa shape index (κ2) is 11.8. The average molecular weight is 537 g/mol. The van der Waals surface area contributed by atoms with Crippen LogP contribution in [0.15, 0.2) is 41.8 Å². The van der Waals surface area contributed by atoms with E-state index in [1.807, 2.05) is 41.8 Å². The number of urea groups is 1. The van der Waals surface area contributed by atoms with Crippen LogP contribution in [0.1, 0.15) is 54.0 Å². The summed E-state index contributed by atoms with van der Waals surface area (Å²) in [5, 5.41) is 12.8. The summed E-state index contributed by atoms with van der Waals surface area (Å²) in [5.41, 5.74) is 2.31. The molecule has 5 rings (SSSR count).